The van der Waals surface area contributed by atoms with Gasteiger partial charge in [0.25, 0.3) is 0 Å². The second-order valence-corrected chi connectivity index (χ2v) is 5.69. The highest BCUT2D eigenvalue weighted by atomic mass is 19.1. The summed E-state index contributed by atoms with van der Waals surface area (Å²) in [6.07, 6.45) is -1.29. The van der Waals surface area contributed by atoms with Gasteiger partial charge in [0.1, 0.15) is 18.5 Å². The maximum atomic E-state index is 12.9. The van der Waals surface area contributed by atoms with E-state index in [4.69, 9.17) is 9.84 Å². The van der Waals surface area contributed by atoms with Crippen molar-refractivity contribution in [2.45, 2.75) is 25.5 Å². The van der Waals surface area contributed by atoms with E-state index < -0.39 is 29.8 Å². The minimum Gasteiger partial charge on any atom is -0.481 e. The lowest BCUT2D eigenvalue weighted by molar-refractivity contribution is -0.137. The minimum absolute atomic E-state index is 0.0118. The minimum atomic E-state index is -1.12. The summed E-state index contributed by atoms with van der Waals surface area (Å²) in [4.78, 5) is 35.1. The van der Waals surface area contributed by atoms with Crippen molar-refractivity contribution in [3.63, 3.8) is 0 Å². The number of alkyl carbamates (subject to hydrolysis) is 1. The number of rotatable bonds is 8. The summed E-state index contributed by atoms with van der Waals surface area (Å²) in [6, 6.07) is 12.9. The maximum absolute atomic E-state index is 12.9. The van der Waals surface area contributed by atoms with Gasteiger partial charge in [0, 0.05) is 12.1 Å². The molecule has 0 heterocycles. The molecule has 0 radical (unpaired) electrons. The monoisotopic (exact) mass is 374 g/mol. The Hall–Kier alpha value is -3.42. The lowest BCUT2D eigenvalue weighted by Gasteiger charge is -2.18. The zero-order valence-electron chi connectivity index (χ0n) is 14.4. The van der Waals surface area contributed by atoms with E-state index >= 15 is 0 Å². The third-order valence-electron chi connectivity index (χ3n) is 3.58. The van der Waals surface area contributed by atoms with Gasteiger partial charge in [-0.05, 0) is 36.2 Å². The molecule has 0 fully saturated rings. The average molecular weight is 374 g/mol. The molecule has 0 spiro atoms. The third kappa shape index (κ3) is 7.15. The number of amides is 2. The van der Waals surface area contributed by atoms with Gasteiger partial charge in [0.05, 0.1) is 0 Å². The van der Waals surface area contributed by atoms with E-state index in [1.54, 1.807) is 24.3 Å². The van der Waals surface area contributed by atoms with Crippen molar-refractivity contribution in [1.29, 1.82) is 0 Å². The first kappa shape index (κ1) is 19.9. The Bertz CT molecular complexity index is 780. The number of hydrogen-bond acceptors (Lipinski definition) is 4. The number of ether oxygens (including phenoxy) is 1. The van der Waals surface area contributed by atoms with Gasteiger partial charge in [-0.25, -0.2) is 9.18 Å². The normalized spacial score (nSPS) is 11.3. The van der Waals surface area contributed by atoms with Crippen LogP contribution in [0, 0.1) is 5.82 Å². The number of anilines is 1. The van der Waals surface area contributed by atoms with Gasteiger partial charge in [0.15, 0.2) is 0 Å². The van der Waals surface area contributed by atoms with Crippen LogP contribution in [0.15, 0.2) is 54.6 Å². The molecule has 0 aliphatic heterocycles. The fourth-order valence-electron chi connectivity index (χ4n) is 2.21. The zero-order valence-corrected chi connectivity index (χ0v) is 14.4. The van der Waals surface area contributed by atoms with Crippen molar-refractivity contribution in [3.8, 4) is 0 Å². The predicted octanol–water partition coefficient (Wildman–Crippen LogP) is 2.92. The summed E-state index contributed by atoms with van der Waals surface area (Å²) in [5.74, 6) is -2.19. The largest absolute Gasteiger partial charge is 0.481 e. The fraction of sp³-hybridized carbons (Fsp3) is 0.211. The van der Waals surface area contributed by atoms with E-state index in [9.17, 15) is 18.8 Å². The molecule has 0 saturated heterocycles. The van der Waals surface area contributed by atoms with Crippen molar-refractivity contribution < 1.29 is 28.6 Å². The zero-order chi connectivity index (χ0) is 19.6. The van der Waals surface area contributed by atoms with Crippen LogP contribution in [0.1, 0.15) is 18.4 Å². The maximum Gasteiger partial charge on any atom is 0.408 e. The number of aliphatic carboxylic acids is 1. The van der Waals surface area contributed by atoms with Crippen molar-refractivity contribution in [2.75, 3.05) is 5.32 Å². The van der Waals surface area contributed by atoms with Crippen molar-refractivity contribution >= 4 is 23.7 Å². The topological polar surface area (TPSA) is 105 Å². The Balaban J connectivity index is 1.95. The van der Waals surface area contributed by atoms with Crippen LogP contribution >= 0.6 is 0 Å². The quantitative estimate of drug-likeness (QED) is 0.659. The van der Waals surface area contributed by atoms with Gasteiger partial charge < -0.3 is 20.5 Å². The number of benzene rings is 2. The Morgan fingerprint density at radius 2 is 1.70 bits per heavy atom. The molecule has 1 unspecified atom stereocenters. The van der Waals surface area contributed by atoms with Gasteiger partial charge in [-0.2, -0.15) is 0 Å². The van der Waals surface area contributed by atoms with E-state index in [-0.39, 0.29) is 19.4 Å². The van der Waals surface area contributed by atoms with Gasteiger partial charge in [-0.3, -0.25) is 9.59 Å². The SMILES string of the molecule is O=C(O)CCC(NC(=O)OCc1ccccc1)C(=O)Nc1ccc(F)cc1. The number of carboxylic acid groups (broad SMARTS) is 1. The standard InChI is InChI=1S/C19H19FN2O5/c20-14-6-8-15(9-7-14)21-18(25)16(10-11-17(23)24)22-19(26)27-12-13-4-2-1-3-5-13/h1-9,16H,10-12H2,(H,21,25)(H,22,26)(H,23,24). The van der Waals surface area contributed by atoms with E-state index in [0.717, 1.165) is 5.56 Å². The average Bonchev–Trinajstić information content (AvgIpc) is 2.66. The van der Waals surface area contributed by atoms with Gasteiger partial charge in [0.2, 0.25) is 5.91 Å². The van der Waals surface area contributed by atoms with Crippen LogP contribution in [0.2, 0.25) is 0 Å². The summed E-state index contributed by atoms with van der Waals surface area (Å²) in [5.41, 5.74) is 1.09. The first-order valence-electron chi connectivity index (χ1n) is 8.19. The van der Waals surface area contributed by atoms with E-state index in [0.29, 0.717) is 5.69 Å². The second-order valence-electron chi connectivity index (χ2n) is 5.69. The van der Waals surface area contributed by atoms with Crippen molar-refractivity contribution in [3.05, 3.63) is 66.0 Å². The van der Waals surface area contributed by atoms with E-state index in [1.807, 2.05) is 6.07 Å². The van der Waals surface area contributed by atoms with Gasteiger partial charge in [-0.15, -0.1) is 0 Å². The smallest absolute Gasteiger partial charge is 0.408 e. The van der Waals surface area contributed by atoms with Crippen molar-refractivity contribution in [2.24, 2.45) is 0 Å². The lowest BCUT2D eigenvalue weighted by Crippen LogP contribution is -2.44. The molecule has 3 N–H and O–H groups in total. The number of hydrogen-bond donors (Lipinski definition) is 3. The number of nitrogens with one attached hydrogen (secondary N) is 2. The van der Waals surface area contributed by atoms with Crippen LogP contribution in [0.3, 0.4) is 0 Å². The summed E-state index contributed by atoms with van der Waals surface area (Å²) in [5, 5.41) is 13.7. The Morgan fingerprint density at radius 3 is 2.33 bits per heavy atom. The van der Waals surface area contributed by atoms with Crippen LogP contribution in [0.4, 0.5) is 14.9 Å². The summed E-state index contributed by atoms with van der Waals surface area (Å²) >= 11 is 0. The molecule has 0 saturated carbocycles. The molecule has 27 heavy (non-hydrogen) atoms. The first-order chi connectivity index (χ1) is 12.9. The van der Waals surface area contributed by atoms with Crippen molar-refractivity contribution in [1.82, 2.24) is 5.32 Å². The molecule has 0 bridgehead atoms. The third-order valence-corrected chi connectivity index (χ3v) is 3.58. The Kier molecular flexibility index (Phi) is 7.30. The van der Waals surface area contributed by atoms with Crippen LogP contribution in [-0.2, 0) is 20.9 Å². The summed E-state index contributed by atoms with van der Waals surface area (Å²) in [7, 11) is 0. The molecule has 2 aromatic carbocycles. The van der Waals surface area contributed by atoms with Crippen LogP contribution in [0.5, 0.6) is 0 Å². The molecular weight excluding hydrogens is 355 g/mol. The number of carbonyl (C=O) groups excluding carboxylic acids is 2. The summed E-state index contributed by atoms with van der Waals surface area (Å²) in [6.45, 7) is 0.0118. The summed E-state index contributed by atoms with van der Waals surface area (Å²) < 4.78 is 18.0. The molecule has 2 amide bonds. The van der Waals surface area contributed by atoms with Crippen LogP contribution < -0.4 is 10.6 Å². The Morgan fingerprint density at radius 1 is 1.04 bits per heavy atom. The Labute approximate surface area is 155 Å². The first-order valence-corrected chi connectivity index (χ1v) is 8.19. The van der Waals surface area contributed by atoms with Gasteiger partial charge >= 0.3 is 12.1 Å². The van der Waals surface area contributed by atoms with Crippen LogP contribution in [-0.4, -0.2) is 29.1 Å². The molecule has 142 valence electrons. The molecule has 1 atom stereocenters. The highest BCUT2D eigenvalue weighted by Gasteiger charge is 2.22. The van der Waals surface area contributed by atoms with E-state index in [1.165, 1.54) is 24.3 Å². The number of halogens is 1. The number of carbonyl (C=O) groups is 3. The van der Waals surface area contributed by atoms with Crippen LogP contribution in [0.25, 0.3) is 0 Å². The van der Waals surface area contributed by atoms with E-state index in [2.05, 4.69) is 10.6 Å². The highest BCUT2D eigenvalue weighted by molar-refractivity contribution is 5.96. The molecule has 7 nitrogen and oxygen atoms in total. The molecule has 0 aliphatic rings. The second kappa shape index (κ2) is 9.91. The molecule has 0 aliphatic carbocycles. The van der Waals surface area contributed by atoms with Gasteiger partial charge in [-0.1, -0.05) is 30.3 Å². The lowest BCUT2D eigenvalue weighted by atomic mass is 10.1. The number of carboxylic acids is 1. The predicted molar refractivity (Wildman–Crippen MR) is 95.5 cm³/mol. The fourth-order valence-corrected chi connectivity index (χ4v) is 2.21. The molecule has 8 heteroatoms. The highest BCUT2D eigenvalue weighted by Crippen LogP contribution is 2.10. The molecule has 2 rings (SSSR count). The molecule has 0 aromatic heterocycles. The molecule has 2 aromatic rings. The molecular formula is C19H19FN2O5.